The van der Waals surface area contributed by atoms with Gasteiger partial charge in [0.1, 0.15) is 0 Å². The lowest BCUT2D eigenvalue weighted by molar-refractivity contribution is 0.0341. The summed E-state index contributed by atoms with van der Waals surface area (Å²) in [5.41, 5.74) is 2.17. The number of nitrogens with zero attached hydrogens (tertiary/aromatic N) is 1. The summed E-state index contributed by atoms with van der Waals surface area (Å²) >= 11 is 5.64. The van der Waals surface area contributed by atoms with E-state index in [1.807, 2.05) is 6.08 Å². The van der Waals surface area contributed by atoms with Crippen molar-refractivity contribution in [2.75, 3.05) is 19.6 Å². The number of halogens is 1. The third-order valence-corrected chi connectivity index (χ3v) is 4.37. The summed E-state index contributed by atoms with van der Waals surface area (Å²) in [5.74, 6) is 0.881. The van der Waals surface area contributed by atoms with E-state index >= 15 is 0 Å². The zero-order chi connectivity index (χ0) is 11.8. The highest BCUT2D eigenvalue weighted by Gasteiger charge is 2.47. The molecule has 1 unspecified atom stereocenters. The Hall–Kier alpha value is -0.0500. The van der Waals surface area contributed by atoms with Gasteiger partial charge in [-0.25, -0.2) is 0 Å². The van der Waals surface area contributed by atoms with E-state index in [1.165, 1.54) is 12.8 Å². The van der Waals surface area contributed by atoms with Crippen molar-refractivity contribution in [1.82, 2.24) is 10.2 Å². The monoisotopic (exact) mass is 242 g/mol. The zero-order valence-electron chi connectivity index (χ0n) is 10.6. The Morgan fingerprint density at radius 3 is 2.62 bits per heavy atom. The lowest BCUT2D eigenvalue weighted by Gasteiger charge is -2.51. The van der Waals surface area contributed by atoms with Gasteiger partial charge in [0, 0.05) is 36.2 Å². The van der Waals surface area contributed by atoms with Crippen molar-refractivity contribution >= 4 is 11.6 Å². The predicted molar refractivity (Wildman–Crippen MR) is 69.8 cm³/mol. The molecule has 2 fully saturated rings. The van der Waals surface area contributed by atoms with E-state index in [1.54, 1.807) is 5.54 Å². The Morgan fingerprint density at radius 1 is 1.38 bits per heavy atom. The standard InChI is InChI=1S/C13H23ClN2/c1-12(2)9-15-13(3,11-5-6-11)10-16(12)8-4-7-14/h4,7,11,15H,5-6,8-10H2,1-3H3/b7-4+. The molecule has 1 atom stereocenters. The van der Waals surface area contributed by atoms with Gasteiger partial charge in [-0.1, -0.05) is 17.7 Å². The minimum absolute atomic E-state index is 0.227. The van der Waals surface area contributed by atoms with Crippen molar-refractivity contribution in [1.29, 1.82) is 0 Å². The lowest BCUT2D eigenvalue weighted by Crippen LogP contribution is -2.67. The van der Waals surface area contributed by atoms with E-state index < -0.39 is 0 Å². The van der Waals surface area contributed by atoms with Gasteiger partial charge in [0.2, 0.25) is 0 Å². The van der Waals surface area contributed by atoms with Gasteiger partial charge in [0.05, 0.1) is 0 Å². The average Bonchev–Trinajstić information content (AvgIpc) is 3.04. The van der Waals surface area contributed by atoms with Crippen LogP contribution in [0.15, 0.2) is 11.6 Å². The summed E-state index contributed by atoms with van der Waals surface area (Å²) in [7, 11) is 0. The summed E-state index contributed by atoms with van der Waals surface area (Å²) in [6.45, 7) is 10.1. The quantitative estimate of drug-likeness (QED) is 0.819. The highest BCUT2D eigenvalue weighted by atomic mass is 35.5. The topological polar surface area (TPSA) is 15.3 Å². The van der Waals surface area contributed by atoms with E-state index in [0.29, 0.717) is 5.54 Å². The summed E-state index contributed by atoms with van der Waals surface area (Å²) in [6, 6.07) is 0. The fourth-order valence-electron chi connectivity index (χ4n) is 2.67. The molecule has 2 aliphatic rings. The average molecular weight is 243 g/mol. The van der Waals surface area contributed by atoms with Crippen LogP contribution >= 0.6 is 11.6 Å². The van der Waals surface area contributed by atoms with Gasteiger partial charge >= 0.3 is 0 Å². The second-order valence-electron chi connectivity index (χ2n) is 6.10. The van der Waals surface area contributed by atoms with E-state index in [9.17, 15) is 0 Å². The molecule has 2 nitrogen and oxygen atoms in total. The van der Waals surface area contributed by atoms with Gasteiger partial charge in [-0.15, -0.1) is 0 Å². The van der Waals surface area contributed by atoms with Gasteiger partial charge in [0.15, 0.2) is 0 Å². The third-order valence-electron chi connectivity index (χ3n) is 4.19. The third kappa shape index (κ3) is 2.44. The van der Waals surface area contributed by atoms with Gasteiger partial charge in [-0.3, -0.25) is 4.90 Å². The molecule has 0 spiro atoms. The summed E-state index contributed by atoms with van der Waals surface area (Å²) in [5, 5.41) is 3.76. The second kappa shape index (κ2) is 4.32. The fourth-order valence-corrected chi connectivity index (χ4v) is 2.75. The summed E-state index contributed by atoms with van der Waals surface area (Å²) in [6.07, 6.45) is 4.83. The van der Waals surface area contributed by atoms with Crippen LogP contribution < -0.4 is 5.32 Å². The van der Waals surface area contributed by atoms with Crippen LogP contribution in [0.3, 0.4) is 0 Å². The number of hydrogen-bond acceptors (Lipinski definition) is 2. The lowest BCUT2D eigenvalue weighted by atomic mass is 9.86. The highest BCUT2D eigenvalue weighted by molar-refractivity contribution is 6.25. The summed E-state index contributed by atoms with van der Waals surface area (Å²) in [4.78, 5) is 2.54. The van der Waals surface area contributed by atoms with Crippen LogP contribution in [0.5, 0.6) is 0 Å². The SMILES string of the molecule is CC1(C2CC2)CN(C/C=C/Cl)C(C)(C)CN1. The molecule has 0 aromatic heterocycles. The minimum atomic E-state index is 0.227. The van der Waals surface area contributed by atoms with Gasteiger partial charge in [-0.05, 0) is 39.5 Å². The van der Waals surface area contributed by atoms with Crippen LogP contribution in [0.1, 0.15) is 33.6 Å². The molecular formula is C13H23ClN2. The van der Waals surface area contributed by atoms with E-state index in [0.717, 1.165) is 25.6 Å². The summed E-state index contributed by atoms with van der Waals surface area (Å²) < 4.78 is 0. The molecule has 1 heterocycles. The molecule has 2 rings (SSSR count). The van der Waals surface area contributed by atoms with Crippen LogP contribution in [0, 0.1) is 5.92 Å². The van der Waals surface area contributed by atoms with Gasteiger partial charge in [0.25, 0.3) is 0 Å². The van der Waals surface area contributed by atoms with E-state index in [4.69, 9.17) is 11.6 Å². The Kier molecular flexibility index (Phi) is 3.35. The molecule has 16 heavy (non-hydrogen) atoms. The van der Waals surface area contributed by atoms with Crippen LogP contribution in [0.4, 0.5) is 0 Å². The molecule has 1 aliphatic carbocycles. The van der Waals surface area contributed by atoms with Crippen molar-refractivity contribution in [2.45, 2.75) is 44.7 Å². The van der Waals surface area contributed by atoms with Crippen molar-refractivity contribution in [3.8, 4) is 0 Å². The number of hydrogen-bond donors (Lipinski definition) is 1. The first-order valence-electron chi connectivity index (χ1n) is 6.23. The Labute approximate surface area is 104 Å². The molecular weight excluding hydrogens is 220 g/mol. The maximum atomic E-state index is 5.64. The maximum absolute atomic E-state index is 5.64. The number of rotatable bonds is 3. The predicted octanol–water partition coefficient (Wildman–Crippen LogP) is 2.59. The van der Waals surface area contributed by atoms with Crippen LogP contribution in [0.2, 0.25) is 0 Å². The van der Waals surface area contributed by atoms with E-state index in [-0.39, 0.29) is 5.54 Å². The minimum Gasteiger partial charge on any atom is -0.308 e. The molecule has 1 aliphatic heterocycles. The maximum Gasteiger partial charge on any atom is 0.0309 e. The zero-order valence-corrected chi connectivity index (χ0v) is 11.3. The first-order valence-corrected chi connectivity index (χ1v) is 6.67. The van der Waals surface area contributed by atoms with Gasteiger partial charge in [-0.2, -0.15) is 0 Å². The normalized spacial score (nSPS) is 35.8. The molecule has 3 heteroatoms. The van der Waals surface area contributed by atoms with Gasteiger partial charge < -0.3 is 5.32 Å². The molecule has 0 aromatic carbocycles. The first-order chi connectivity index (χ1) is 7.48. The second-order valence-corrected chi connectivity index (χ2v) is 6.35. The first kappa shape index (κ1) is 12.4. The number of piperazine rings is 1. The van der Waals surface area contributed by atoms with E-state index in [2.05, 4.69) is 31.0 Å². The fraction of sp³-hybridized carbons (Fsp3) is 0.846. The number of nitrogens with one attached hydrogen (secondary N) is 1. The van der Waals surface area contributed by atoms with Crippen LogP contribution in [-0.4, -0.2) is 35.6 Å². The van der Waals surface area contributed by atoms with Crippen LogP contribution in [-0.2, 0) is 0 Å². The van der Waals surface area contributed by atoms with Crippen molar-refractivity contribution in [2.24, 2.45) is 5.92 Å². The van der Waals surface area contributed by atoms with Crippen LogP contribution in [0.25, 0.3) is 0 Å². The van der Waals surface area contributed by atoms with Crippen molar-refractivity contribution in [3.63, 3.8) is 0 Å². The Balaban J connectivity index is 2.05. The van der Waals surface area contributed by atoms with Crippen molar-refractivity contribution in [3.05, 3.63) is 11.6 Å². The van der Waals surface area contributed by atoms with Crippen molar-refractivity contribution < 1.29 is 0 Å². The largest absolute Gasteiger partial charge is 0.308 e. The highest BCUT2D eigenvalue weighted by Crippen LogP contribution is 2.42. The Bertz CT molecular complexity index is 284. The molecule has 1 saturated heterocycles. The molecule has 0 amide bonds. The molecule has 0 bridgehead atoms. The molecule has 1 saturated carbocycles. The molecule has 92 valence electrons. The molecule has 0 radical (unpaired) electrons. The molecule has 1 N–H and O–H groups in total. The smallest absolute Gasteiger partial charge is 0.0309 e. The Morgan fingerprint density at radius 2 is 2.06 bits per heavy atom. The molecule has 0 aromatic rings.